The van der Waals surface area contributed by atoms with Gasteiger partial charge in [0, 0.05) is 42.9 Å². The Morgan fingerprint density at radius 2 is 1.75 bits per heavy atom. The predicted octanol–water partition coefficient (Wildman–Crippen LogP) is 3.25. The standard InChI is InChI=1S/C24H28N6O2/c31-20-7-9-29(10-8-20)19-5-3-18(4-6-19)27-23-25-13-17-14-26-24(32)30(22(17)28-23)21-12-15-1-2-16(21)11-15/h3-6,13-16,20-21,31H,1-2,7-12H2,(H,25,27,28). The SMILES string of the molecule is O=c1ncc2cnc(Nc3ccc(N4CCC(O)CC4)cc3)nc2n1C1CC2CCC1C2. The molecule has 3 heterocycles. The quantitative estimate of drug-likeness (QED) is 0.653. The zero-order valence-electron chi connectivity index (χ0n) is 18.0. The molecule has 8 nitrogen and oxygen atoms in total. The van der Waals surface area contributed by atoms with E-state index >= 15 is 0 Å². The summed E-state index contributed by atoms with van der Waals surface area (Å²) in [4.78, 5) is 28.3. The van der Waals surface area contributed by atoms with E-state index in [0.29, 0.717) is 17.5 Å². The lowest BCUT2D eigenvalue weighted by molar-refractivity contribution is 0.145. The van der Waals surface area contributed by atoms with E-state index in [4.69, 9.17) is 4.98 Å². The summed E-state index contributed by atoms with van der Waals surface area (Å²) in [5.41, 5.74) is 2.50. The maximum atomic E-state index is 12.7. The van der Waals surface area contributed by atoms with Crippen molar-refractivity contribution in [1.29, 1.82) is 0 Å². The van der Waals surface area contributed by atoms with Crippen molar-refractivity contribution in [2.75, 3.05) is 23.3 Å². The second kappa shape index (κ2) is 7.85. The number of hydrogen-bond acceptors (Lipinski definition) is 7. The van der Waals surface area contributed by atoms with Gasteiger partial charge in [0.15, 0.2) is 5.65 Å². The van der Waals surface area contributed by atoms with Gasteiger partial charge in [0.25, 0.3) is 0 Å². The molecule has 1 aliphatic heterocycles. The van der Waals surface area contributed by atoms with Gasteiger partial charge >= 0.3 is 5.69 Å². The van der Waals surface area contributed by atoms with Crippen molar-refractivity contribution in [3.63, 3.8) is 0 Å². The first kappa shape index (κ1) is 19.7. The van der Waals surface area contributed by atoms with Crippen molar-refractivity contribution in [1.82, 2.24) is 19.5 Å². The topological polar surface area (TPSA) is 96.2 Å². The fourth-order valence-electron chi connectivity index (χ4n) is 5.84. The summed E-state index contributed by atoms with van der Waals surface area (Å²) < 4.78 is 1.82. The average molecular weight is 433 g/mol. The molecule has 0 amide bonds. The van der Waals surface area contributed by atoms with Crippen molar-refractivity contribution in [3.8, 4) is 0 Å². The summed E-state index contributed by atoms with van der Waals surface area (Å²) in [5.74, 6) is 1.77. The molecule has 0 radical (unpaired) electrons. The van der Waals surface area contributed by atoms with Crippen LogP contribution in [0, 0.1) is 11.8 Å². The van der Waals surface area contributed by atoms with Gasteiger partial charge in [0.2, 0.25) is 5.95 Å². The van der Waals surface area contributed by atoms with Crippen LogP contribution >= 0.6 is 0 Å². The summed E-state index contributed by atoms with van der Waals surface area (Å²) in [6.45, 7) is 1.74. The van der Waals surface area contributed by atoms with Gasteiger partial charge in [-0.3, -0.25) is 4.57 Å². The average Bonchev–Trinajstić information content (AvgIpc) is 3.44. The third-order valence-electron chi connectivity index (χ3n) is 7.53. The first-order valence-electron chi connectivity index (χ1n) is 11.7. The normalized spacial score (nSPS) is 25.5. The number of rotatable bonds is 4. The lowest BCUT2D eigenvalue weighted by Crippen LogP contribution is -2.35. The highest BCUT2D eigenvalue weighted by atomic mass is 16.3. The monoisotopic (exact) mass is 432 g/mol. The Morgan fingerprint density at radius 1 is 0.969 bits per heavy atom. The van der Waals surface area contributed by atoms with Crippen LogP contribution in [0.1, 0.15) is 44.6 Å². The molecule has 2 aromatic heterocycles. The molecule has 3 aliphatic rings. The number of benzene rings is 1. The van der Waals surface area contributed by atoms with Crippen LogP contribution < -0.4 is 15.9 Å². The molecule has 2 N–H and O–H groups in total. The number of nitrogens with zero attached hydrogens (tertiary/aromatic N) is 5. The highest BCUT2D eigenvalue weighted by Gasteiger charge is 2.41. The van der Waals surface area contributed by atoms with E-state index in [-0.39, 0.29) is 17.8 Å². The first-order chi connectivity index (χ1) is 15.6. The summed E-state index contributed by atoms with van der Waals surface area (Å²) in [6.07, 6.45) is 9.50. The molecular weight excluding hydrogens is 404 g/mol. The minimum atomic E-state index is -0.212. The van der Waals surface area contributed by atoms with Crippen LogP contribution in [0.4, 0.5) is 17.3 Å². The third-order valence-corrected chi connectivity index (χ3v) is 7.53. The van der Waals surface area contributed by atoms with Crippen LogP contribution in [0.5, 0.6) is 0 Å². The Balaban J connectivity index is 1.26. The first-order valence-corrected chi connectivity index (χ1v) is 11.7. The summed E-state index contributed by atoms with van der Waals surface area (Å²) in [7, 11) is 0. The van der Waals surface area contributed by atoms with Gasteiger partial charge < -0.3 is 15.3 Å². The Hall–Kier alpha value is -3.00. The second-order valence-corrected chi connectivity index (χ2v) is 9.52. The molecule has 1 saturated heterocycles. The van der Waals surface area contributed by atoms with Crippen molar-refractivity contribution in [3.05, 3.63) is 47.1 Å². The number of piperidine rings is 1. The van der Waals surface area contributed by atoms with E-state index in [2.05, 4.69) is 32.3 Å². The lowest BCUT2D eigenvalue weighted by atomic mass is 9.95. The van der Waals surface area contributed by atoms with Crippen LogP contribution in [-0.2, 0) is 0 Å². The largest absolute Gasteiger partial charge is 0.393 e. The van der Waals surface area contributed by atoms with Gasteiger partial charge in [0.1, 0.15) is 0 Å². The van der Waals surface area contributed by atoms with E-state index in [0.717, 1.165) is 55.0 Å². The van der Waals surface area contributed by atoms with Gasteiger partial charge in [-0.15, -0.1) is 0 Å². The molecule has 1 aromatic carbocycles. The molecule has 0 spiro atoms. The minimum absolute atomic E-state index is 0.177. The van der Waals surface area contributed by atoms with Crippen molar-refractivity contribution in [2.24, 2.45) is 11.8 Å². The Kier molecular flexibility index (Phi) is 4.82. The fraction of sp³-hybridized carbons (Fsp3) is 0.500. The Bertz CT molecular complexity index is 1190. The molecule has 8 heteroatoms. The van der Waals surface area contributed by atoms with Gasteiger partial charge in [-0.25, -0.2) is 14.8 Å². The third kappa shape index (κ3) is 3.52. The molecule has 32 heavy (non-hydrogen) atoms. The van der Waals surface area contributed by atoms with Gasteiger partial charge in [-0.2, -0.15) is 4.98 Å². The molecule has 2 saturated carbocycles. The number of aliphatic hydroxyl groups excluding tert-OH is 1. The summed E-state index contributed by atoms with van der Waals surface area (Å²) in [5, 5.41) is 13.8. The lowest BCUT2D eigenvalue weighted by Gasteiger charge is -2.31. The molecule has 3 aromatic rings. The molecule has 2 bridgehead atoms. The van der Waals surface area contributed by atoms with E-state index in [1.165, 1.54) is 19.3 Å². The predicted molar refractivity (Wildman–Crippen MR) is 123 cm³/mol. The highest BCUT2D eigenvalue weighted by Crippen LogP contribution is 2.50. The molecule has 166 valence electrons. The highest BCUT2D eigenvalue weighted by molar-refractivity contribution is 5.75. The van der Waals surface area contributed by atoms with Crippen molar-refractivity contribution >= 4 is 28.4 Å². The van der Waals surface area contributed by atoms with Crippen LogP contribution in [0.2, 0.25) is 0 Å². The Morgan fingerprint density at radius 3 is 2.47 bits per heavy atom. The second-order valence-electron chi connectivity index (χ2n) is 9.52. The van der Waals surface area contributed by atoms with Gasteiger partial charge in [-0.05, 0) is 68.2 Å². The van der Waals surface area contributed by atoms with E-state index in [9.17, 15) is 9.90 Å². The summed E-state index contributed by atoms with van der Waals surface area (Å²) in [6, 6.07) is 8.39. The molecule has 2 aliphatic carbocycles. The molecule has 6 rings (SSSR count). The van der Waals surface area contributed by atoms with Gasteiger partial charge in [0.05, 0.1) is 11.5 Å². The molecule has 3 unspecified atom stereocenters. The van der Waals surface area contributed by atoms with Crippen LogP contribution in [0.25, 0.3) is 11.0 Å². The number of aliphatic hydroxyl groups is 1. The number of hydrogen-bond donors (Lipinski definition) is 2. The van der Waals surface area contributed by atoms with E-state index in [1.807, 2.05) is 16.7 Å². The zero-order valence-corrected chi connectivity index (χ0v) is 18.0. The maximum Gasteiger partial charge on any atom is 0.349 e. The summed E-state index contributed by atoms with van der Waals surface area (Å²) >= 11 is 0. The number of anilines is 3. The molecular formula is C24H28N6O2. The fourth-order valence-corrected chi connectivity index (χ4v) is 5.84. The Labute approximate surface area is 186 Å². The molecule has 3 atom stereocenters. The molecule has 3 fully saturated rings. The van der Waals surface area contributed by atoms with Gasteiger partial charge in [-0.1, -0.05) is 6.42 Å². The maximum absolute atomic E-state index is 12.7. The van der Waals surface area contributed by atoms with E-state index < -0.39 is 0 Å². The van der Waals surface area contributed by atoms with Crippen molar-refractivity contribution < 1.29 is 5.11 Å². The smallest absolute Gasteiger partial charge is 0.349 e. The van der Waals surface area contributed by atoms with E-state index in [1.54, 1.807) is 12.4 Å². The van der Waals surface area contributed by atoms with Crippen molar-refractivity contribution in [2.45, 2.75) is 50.7 Å². The number of nitrogens with one attached hydrogen (secondary N) is 1. The zero-order chi connectivity index (χ0) is 21.7. The van der Waals surface area contributed by atoms with Crippen LogP contribution in [0.3, 0.4) is 0 Å². The minimum Gasteiger partial charge on any atom is -0.393 e. The number of aromatic nitrogens is 4. The van der Waals surface area contributed by atoms with Crippen LogP contribution in [0.15, 0.2) is 41.5 Å². The van der Waals surface area contributed by atoms with Crippen LogP contribution in [-0.4, -0.2) is 43.8 Å². The number of fused-ring (bicyclic) bond motifs is 3.